The Hall–Kier alpha value is -1.13. The van der Waals surface area contributed by atoms with Gasteiger partial charge in [-0.25, -0.2) is 4.98 Å². The van der Waals surface area contributed by atoms with Crippen LogP contribution in [0.5, 0.6) is 0 Å². The summed E-state index contributed by atoms with van der Waals surface area (Å²) in [5.74, 6) is 1.03. The van der Waals surface area contributed by atoms with Crippen LogP contribution in [0.15, 0.2) is 12.1 Å². The van der Waals surface area contributed by atoms with Crippen LogP contribution in [0.1, 0.15) is 39.0 Å². The van der Waals surface area contributed by atoms with Crippen LogP contribution in [-0.4, -0.2) is 37.3 Å². The number of aromatic nitrogens is 1. The van der Waals surface area contributed by atoms with Gasteiger partial charge in [0, 0.05) is 38.0 Å². The molecule has 0 radical (unpaired) electrons. The van der Waals surface area contributed by atoms with Gasteiger partial charge in [0.05, 0.1) is 6.61 Å². The van der Waals surface area contributed by atoms with Gasteiger partial charge in [-0.15, -0.1) is 0 Å². The zero-order valence-corrected chi connectivity index (χ0v) is 13.8. The third-order valence-electron chi connectivity index (χ3n) is 3.26. The number of rotatable bonds is 7. The summed E-state index contributed by atoms with van der Waals surface area (Å²) in [4.78, 5) is 6.96. The van der Waals surface area contributed by atoms with Crippen LogP contribution in [0.4, 0.5) is 5.82 Å². The molecular weight excluding hydrogens is 250 g/mol. The van der Waals surface area contributed by atoms with Gasteiger partial charge in [0.15, 0.2) is 0 Å². The zero-order valence-electron chi connectivity index (χ0n) is 13.8. The van der Waals surface area contributed by atoms with E-state index in [2.05, 4.69) is 57.0 Å². The van der Waals surface area contributed by atoms with Crippen molar-refractivity contribution in [1.82, 2.24) is 10.3 Å². The predicted octanol–water partition coefficient (Wildman–Crippen LogP) is 2.75. The first-order valence-electron chi connectivity index (χ1n) is 7.33. The van der Waals surface area contributed by atoms with Crippen molar-refractivity contribution in [2.45, 2.75) is 46.7 Å². The summed E-state index contributed by atoms with van der Waals surface area (Å²) in [5.41, 5.74) is 2.47. The smallest absolute Gasteiger partial charge is 0.128 e. The van der Waals surface area contributed by atoms with Gasteiger partial charge in [0.1, 0.15) is 5.82 Å². The molecule has 1 aromatic rings. The lowest BCUT2D eigenvalue weighted by molar-refractivity contribution is 0.205. The summed E-state index contributed by atoms with van der Waals surface area (Å²) < 4.78 is 5.15. The maximum atomic E-state index is 5.15. The molecule has 1 rings (SSSR count). The summed E-state index contributed by atoms with van der Waals surface area (Å²) in [6.45, 7) is 14.1. The van der Waals surface area contributed by atoms with Gasteiger partial charge in [-0.05, 0) is 46.2 Å². The van der Waals surface area contributed by atoms with Crippen molar-refractivity contribution in [2.75, 3.05) is 31.7 Å². The molecule has 0 saturated heterocycles. The summed E-state index contributed by atoms with van der Waals surface area (Å²) in [6, 6.07) is 4.28. The largest absolute Gasteiger partial charge is 0.383 e. The number of pyridine rings is 1. The Bertz CT molecular complexity index is 413. The van der Waals surface area contributed by atoms with E-state index in [1.165, 1.54) is 5.56 Å². The molecule has 0 saturated carbocycles. The Morgan fingerprint density at radius 1 is 1.30 bits per heavy atom. The second kappa shape index (κ2) is 7.60. The highest BCUT2D eigenvalue weighted by Crippen LogP contribution is 2.15. The number of aryl methyl sites for hydroxylation is 1. The van der Waals surface area contributed by atoms with E-state index in [4.69, 9.17) is 9.72 Å². The first-order valence-corrected chi connectivity index (χ1v) is 7.33. The Morgan fingerprint density at radius 3 is 2.50 bits per heavy atom. The van der Waals surface area contributed by atoms with Crippen LogP contribution in [0.25, 0.3) is 0 Å². The third kappa shape index (κ3) is 5.47. The SMILES string of the molecule is CCN(CCOC)c1ccc(CNC(C)(C)C)c(C)n1. The van der Waals surface area contributed by atoms with E-state index in [0.29, 0.717) is 0 Å². The lowest BCUT2D eigenvalue weighted by atomic mass is 10.1. The second-order valence-electron chi connectivity index (χ2n) is 6.09. The number of nitrogens with one attached hydrogen (secondary N) is 1. The molecule has 4 nitrogen and oxygen atoms in total. The fourth-order valence-electron chi connectivity index (χ4n) is 1.94. The van der Waals surface area contributed by atoms with E-state index in [0.717, 1.165) is 37.8 Å². The minimum atomic E-state index is 0.124. The van der Waals surface area contributed by atoms with Crippen LogP contribution in [-0.2, 0) is 11.3 Å². The first kappa shape index (κ1) is 16.9. The third-order valence-corrected chi connectivity index (χ3v) is 3.26. The summed E-state index contributed by atoms with van der Waals surface area (Å²) in [7, 11) is 1.73. The predicted molar refractivity (Wildman–Crippen MR) is 85.3 cm³/mol. The van der Waals surface area contributed by atoms with Gasteiger partial charge >= 0.3 is 0 Å². The molecule has 1 aromatic heterocycles. The first-order chi connectivity index (χ1) is 9.37. The van der Waals surface area contributed by atoms with Crippen molar-refractivity contribution in [1.29, 1.82) is 0 Å². The van der Waals surface area contributed by atoms with Gasteiger partial charge < -0.3 is 15.0 Å². The molecular formula is C16H29N3O. The minimum absolute atomic E-state index is 0.124. The fourth-order valence-corrected chi connectivity index (χ4v) is 1.94. The van der Waals surface area contributed by atoms with Crippen molar-refractivity contribution in [3.05, 3.63) is 23.4 Å². The van der Waals surface area contributed by atoms with E-state index >= 15 is 0 Å². The molecule has 114 valence electrons. The molecule has 1 N–H and O–H groups in total. The molecule has 0 fully saturated rings. The Balaban J connectivity index is 2.75. The molecule has 4 heteroatoms. The average Bonchev–Trinajstić information content (AvgIpc) is 2.37. The monoisotopic (exact) mass is 279 g/mol. The number of likely N-dealkylation sites (N-methyl/N-ethyl adjacent to an activating group) is 1. The van der Waals surface area contributed by atoms with Crippen LogP contribution >= 0.6 is 0 Å². The van der Waals surface area contributed by atoms with E-state index in [1.807, 2.05) is 0 Å². The number of methoxy groups -OCH3 is 1. The summed E-state index contributed by atoms with van der Waals surface area (Å²) >= 11 is 0. The van der Waals surface area contributed by atoms with Gasteiger partial charge in [-0.1, -0.05) is 6.07 Å². The molecule has 0 atom stereocenters. The molecule has 0 aliphatic rings. The number of hydrogen-bond acceptors (Lipinski definition) is 4. The molecule has 20 heavy (non-hydrogen) atoms. The highest BCUT2D eigenvalue weighted by Gasteiger charge is 2.11. The number of anilines is 1. The fraction of sp³-hybridized carbons (Fsp3) is 0.688. The standard InChI is InChI=1S/C16H29N3O/c1-7-19(10-11-20-6)15-9-8-14(13(2)18-15)12-17-16(3,4)5/h8-9,17H,7,10-12H2,1-6H3. The lowest BCUT2D eigenvalue weighted by Gasteiger charge is -2.24. The molecule has 0 unspecified atom stereocenters. The molecule has 0 amide bonds. The topological polar surface area (TPSA) is 37.4 Å². The van der Waals surface area contributed by atoms with E-state index in [9.17, 15) is 0 Å². The molecule has 0 aliphatic heterocycles. The maximum Gasteiger partial charge on any atom is 0.128 e. The second-order valence-corrected chi connectivity index (χ2v) is 6.09. The van der Waals surface area contributed by atoms with Gasteiger partial charge in [-0.3, -0.25) is 0 Å². The van der Waals surface area contributed by atoms with E-state index in [1.54, 1.807) is 7.11 Å². The Morgan fingerprint density at radius 2 is 2.00 bits per heavy atom. The molecule has 0 bridgehead atoms. The van der Waals surface area contributed by atoms with Crippen LogP contribution in [0.3, 0.4) is 0 Å². The number of nitrogens with zero attached hydrogens (tertiary/aromatic N) is 2. The Labute approximate surface area is 123 Å². The van der Waals surface area contributed by atoms with Crippen LogP contribution < -0.4 is 10.2 Å². The highest BCUT2D eigenvalue weighted by atomic mass is 16.5. The lowest BCUT2D eigenvalue weighted by Crippen LogP contribution is -2.35. The van der Waals surface area contributed by atoms with Gasteiger partial charge in [-0.2, -0.15) is 0 Å². The van der Waals surface area contributed by atoms with Crippen molar-refractivity contribution in [3.63, 3.8) is 0 Å². The summed E-state index contributed by atoms with van der Waals surface area (Å²) in [6.07, 6.45) is 0. The van der Waals surface area contributed by atoms with Crippen LogP contribution in [0, 0.1) is 6.92 Å². The highest BCUT2D eigenvalue weighted by molar-refractivity contribution is 5.41. The van der Waals surface area contributed by atoms with Crippen LogP contribution in [0.2, 0.25) is 0 Å². The van der Waals surface area contributed by atoms with Crippen molar-refractivity contribution >= 4 is 5.82 Å². The Kier molecular flexibility index (Phi) is 6.43. The quantitative estimate of drug-likeness (QED) is 0.833. The molecule has 0 spiro atoms. The van der Waals surface area contributed by atoms with Gasteiger partial charge in [0.25, 0.3) is 0 Å². The average molecular weight is 279 g/mol. The normalized spacial score (nSPS) is 11.7. The van der Waals surface area contributed by atoms with E-state index < -0.39 is 0 Å². The van der Waals surface area contributed by atoms with Crippen molar-refractivity contribution in [2.24, 2.45) is 0 Å². The van der Waals surface area contributed by atoms with Crippen molar-refractivity contribution < 1.29 is 4.74 Å². The van der Waals surface area contributed by atoms with E-state index in [-0.39, 0.29) is 5.54 Å². The summed E-state index contributed by atoms with van der Waals surface area (Å²) in [5, 5.41) is 3.50. The van der Waals surface area contributed by atoms with Gasteiger partial charge in [0.2, 0.25) is 0 Å². The molecule has 1 heterocycles. The maximum absolute atomic E-state index is 5.15. The number of hydrogen-bond donors (Lipinski definition) is 1. The molecule has 0 aliphatic carbocycles. The minimum Gasteiger partial charge on any atom is -0.383 e. The number of ether oxygens (including phenoxy) is 1. The van der Waals surface area contributed by atoms with Crippen molar-refractivity contribution in [3.8, 4) is 0 Å². The zero-order chi connectivity index (χ0) is 15.2. The molecule has 0 aromatic carbocycles.